The Morgan fingerprint density at radius 1 is 0.356 bits per heavy atom. The fourth-order valence-corrected chi connectivity index (χ4v) is 7.13. The van der Waals surface area contributed by atoms with Gasteiger partial charge in [0.25, 0.3) is 0 Å². The summed E-state index contributed by atoms with van der Waals surface area (Å²) in [6.45, 7) is 0. The van der Waals surface area contributed by atoms with Crippen molar-refractivity contribution >= 4 is 38.6 Å². The summed E-state index contributed by atoms with van der Waals surface area (Å²) in [4.78, 5) is 2.36. The highest BCUT2D eigenvalue weighted by Gasteiger charge is 2.17. The zero-order chi connectivity index (χ0) is 30.0. The van der Waals surface area contributed by atoms with E-state index in [1.54, 1.807) is 0 Å². The van der Waals surface area contributed by atoms with Gasteiger partial charge in [0.05, 0.1) is 0 Å². The molecule has 1 heteroatoms. The Balaban J connectivity index is 1.07. The summed E-state index contributed by atoms with van der Waals surface area (Å²) in [6, 6.07) is 58.0. The van der Waals surface area contributed by atoms with Crippen molar-refractivity contribution in [3.8, 4) is 22.3 Å². The zero-order valence-electron chi connectivity index (χ0n) is 25.6. The number of nitrogens with zero attached hydrogens (tertiary/aromatic N) is 1. The molecule has 0 bridgehead atoms. The molecule has 1 aliphatic rings. The predicted octanol–water partition coefficient (Wildman–Crippen LogP) is 12.8. The highest BCUT2D eigenvalue weighted by molar-refractivity contribution is 5.93. The fourth-order valence-electron chi connectivity index (χ4n) is 7.13. The van der Waals surface area contributed by atoms with Crippen molar-refractivity contribution in [2.24, 2.45) is 0 Å². The molecule has 1 nitrogen and oxygen atoms in total. The van der Waals surface area contributed by atoms with Crippen LogP contribution in [0.4, 0.5) is 17.1 Å². The van der Waals surface area contributed by atoms with E-state index in [0.717, 1.165) is 5.69 Å². The van der Waals surface area contributed by atoms with Gasteiger partial charge in [-0.25, -0.2) is 0 Å². The van der Waals surface area contributed by atoms with Crippen LogP contribution in [-0.2, 0) is 0 Å². The van der Waals surface area contributed by atoms with Gasteiger partial charge >= 0.3 is 0 Å². The van der Waals surface area contributed by atoms with E-state index in [-0.39, 0.29) is 0 Å². The molecule has 0 amide bonds. The molecule has 0 radical (unpaired) electrons. The Morgan fingerprint density at radius 2 is 0.800 bits per heavy atom. The Hall–Kier alpha value is -5.14. The van der Waals surface area contributed by atoms with Crippen molar-refractivity contribution in [2.45, 2.75) is 38.0 Å². The lowest BCUT2D eigenvalue weighted by atomic mass is 9.84. The highest BCUT2D eigenvalue weighted by Crippen LogP contribution is 2.38. The van der Waals surface area contributed by atoms with Crippen molar-refractivity contribution in [3.05, 3.63) is 163 Å². The molecule has 218 valence electrons. The molecule has 0 N–H and O–H groups in total. The second-order valence-corrected chi connectivity index (χ2v) is 12.5. The lowest BCUT2D eigenvalue weighted by Gasteiger charge is -2.27. The third-order valence-electron chi connectivity index (χ3n) is 9.62. The second-order valence-electron chi connectivity index (χ2n) is 12.5. The zero-order valence-corrected chi connectivity index (χ0v) is 25.6. The third-order valence-corrected chi connectivity index (χ3v) is 9.62. The molecular weight excluding hydrogens is 542 g/mol. The minimum atomic E-state index is 0.712. The molecule has 0 aliphatic heterocycles. The first-order chi connectivity index (χ1) is 22.3. The van der Waals surface area contributed by atoms with Crippen molar-refractivity contribution in [3.63, 3.8) is 0 Å². The van der Waals surface area contributed by atoms with Crippen molar-refractivity contribution in [1.29, 1.82) is 0 Å². The van der Waals surface area contributed by atoms with Crippen LogP contribution in [0.25, 0.3) is 43.8 Å². The first-order valence-corrected chi connectivity index (χ1v) is 16.4. The Bertz CT molecular complexity index is 2070. The lowest BCUT2D eigenvalue weighted by molar-refractivity contribution is 0.443. The minimum absolute atomic E-state index is 0.712. The number of benzene rings is 7. The average Bonchev–Trinajstić information content (AvgIpc) is 3.12. The topological polar surface area (TPSA) is 3.24 Å². The van der Waals surface area contributed by atoms with Gasteiger partial charge in [-0.2, -0.15) is 0 Å². The smallest absolute Gasteiger partial charge is 0.0462 e. The molecule has 1 saturated carbocycles. The van der Waals surface area contributed by atoms with Gasteiger partial charge in [-0.15, -0.1) is 0 Å². The first kappa shape index (κ1) is 27.4. The van der Waals surface area contributed by atoms with Crippen LogP contribution in [0.2, 0.25) is 0 Å². The van der Waals surface area contributed by atoms with Crippen LogP contribution in [0.3, 0.4) is 0 Å². The fraction of sp³-hybridized carbons (Fsp3) is 0.136. The monoisotopic (exact) mass is 579 g/mol. The maximum atomic E-state index is 2.36. The summed E-state index contributed by atoms with van der Waals surface area (Å²) in [6.07, 6.45) is 6.75. The van der Waals surface area contributed by atoms with Crippen LogP contribution in [0, 0.1) is 0 Å². The molecule has 0 aromatic heterocycles. The van der Waals surface area contributed by atoms with Crippen molar-refractivity contribution in [2.75, 3.05) is 4.90 Å². The molecule has 1 fully saturated rings. The molecular formula is C44H37N. The summed E-state index contributed by atoms with van der Waals surface area (Å²) < 4.78 is 0. The van der Waals surface area contributed by atoms with E-state index >= 15 is 0 Å². The molecule has 7 aromatic rings. The van der Waals surface area contributed by atoms with Gasteiger partial charge < -0.3 is 4.90 Å². The minimum Gasteiger partial charge on any atom is -0.311 e. The van der Waals surface area contributed by atoms with Crippen LogP contribution in [0.15, 0.2) is 158 Å². The van der Waals surface area contributed by atoms with E-state index in [2.05, 4.69) is 163 Å². The first-order valence-electron chi connectivity index (χ1n) is 16.4. The Kier molecular flexibility index (Phi) is 7.37. The van der Waals surface area contributed by atoms with E-state index in [4.69, 9.17) is 0 Å². The summed E-state index contributed by atoms with van der Waals surface area (Å²) >= 11 is 0. The van der Waals surface area contributed by atoms with E-state index in [9.17, 15) is 0 Å². The van der Waals surface area contributed by atoms with Crippen LogP contribution in [0.1, 0.15) is 43.6 Å². The molecule has 7 aromatic carbocycles. The molecule has 0 unspecified atom stereocenters. The Labute approximate surface area is 266 Å². The summed E-state index contributed by atoms with van der Waals surface area (Å²) in [7, 11) is 0. The number of hydrogen-bond acceptors (Lipinski definition) is 1. The van der Waals surface area contributed by atoms with Crippen LogP contribution in [-0.4, -0.2) is 0 Å². The maximum absolute atomic E-state index is 2.36. The third kappa shape index (κ3) is 5.63. The van der Waals surface area contributed by atoms with E-state index in [1.165, 1.54) is 92.8 Å². The summed E-state index contributed by atoms with van der Waals surface area (Å²) in [5.41, 5.74) is 9.97. The average molecular weight is 580 g/mol. The SMILES string of the molecule is c1ccc(N(c2ccc(-c3ccc4cc(-c5ccc6ccccc6c5)ccc4c3)cc2)c2ccc(C3CCCCC3)cc2)cc1. The maximum Gasteiger partial charge on any atom is 0.0462 e. The number of fused-ring (bicyclic) bond motifs is 2. The van der Waals surface area contributed by atoms with Crippen LogP contribution >= 0.6 is 0 Å². The molecule has 0 heterocycles. The van der Waals surface area contributed by atoms with Crippen molar-refractivity contribution < 1.29 is 0 Å². The quantitative estimate of drug-likeness (QED) is 0.189. The van der Waals surface area contributed by atoms with E-state index in [0.29, 0.717) is 5.92 Å². The lowest BCUT2D eigenvalue weighted by Crippen LogP contribution is -2.10. The van der Waals surface area contributed by atoms with Gasteiger partial charge in [-0.05, 0) is 123 Å². The van der Waals surface area contributed by atoms with E-state index < -0.39 is 0 Å². The summed E-state index contributed by atoms with van der Waals surface area (Å²) in [5.74, 6) is 0.712. The van der Waals surface area contributed by atoms with Gasteiger partial charge in [-0.3, -0.25) is 0 Å². The number of para-hydroxylation sites is 1. The number of rotatable bonds is 6. The molecule has 0 saturated heterocycles. The van der Waals surface area contributed by atoms with Gasteiger partial charge in [0, 0.05) is 17.1 Å². The number of anilines is 3. The highest BCUT2D eigenvalue weighted by atomic mass is 15.1. The van der Waals surface area contributed by atoms with E-state index in [1.807, 2.05) is 0 Å². The van der Waals surface area contributed by atoms with Gasteiger partial charge in [0.2, 0.25) is 0 Å². The molecule has 0 spiro atoms. The number of hydrogen-bond donors (Lipinski definition) is 0. The molecule has 8 rings (SSSR count). The molecule has 0 atom stereocenters. The Morgan fingerprint density at radius 3 is 1.42 bits per heavy atom. The van der Waals surface area contributed by atoms with Gasteiger partial charge in [0.15, 0.2) is 0 Å². The standard InChI is InChI=1S/C44H37N/c1-3-9-32(10-4-1)34-21-25-43(26-22-34)45(42-13-5-2-6-14-42)44-27-23-35(24-28-44)37-17-18-40-31-41(20-19-39(40)30-37)38-16-15-33-11-7-8-12-36(33)29-38/h2,5-8,11-32H,1,3-4,9-10H2. The normalized spacial score (nSPS) is 13.7. The van der Waals surface area contributed by atoms with Crippen LogP contribution in [0.5, 0.6) is 0 Å². The second kappa shape index (κ2) is 12.1. The summed E-state index contributed by atoms with van der Waals surface area (Å²) in [5, 5.41) is 5.06. The van der Waals surface area contributed by atoms with Crippen molar-refractivity contribution in [1.82, 2.24) is 0 Å². The largest absolute Gasteiger partial charge is 0.311 e. The molecule has 1 aliphatic carbocycles. The molecule has 45 heavy (non-hydrogen) atoms. The predicted molar refractivity (Wildman–Crippen MR) is 193 cm³/mol. The van der Waals surface area contributed by atoms with Crippen LogP contribution < -0.4 is 4.90 Å². The van der Waals surface area contributed by atoms with Gasteiger partial charge in [-0.1, -0.05) is 122 Å². The van der Waals surface area contributed by atoms with Gasteiger partial charge in [0.1, 0.15) is 0 Å².